The van der Waals surface area contributed by atoms with Crippen LogP contribution in [0.25, 0.3) is 0 Å². The lowest BCUT2D eigenvalue weighted by Crippen LogP contribution is -2.23. The molecule has 0 atom stereocenters. The fraction of sp³-hybridized carbons (Fsp3) is 0.208. The van der Waals surface area contributed by atoms with Crippen LogP contribution in [0, 0.1) is 6.92 Å². The molecule has 1 aliphatic carbocycles. The van der Waals surface area contributed by atoms with Gasteiger partial charge in [-0.25, -0.2) is 5.43 Å². The molecule has 0 fully saturated rings. The number of amides is 2. The molecule has 4 rings (SSSR count). The Morgan fingerprint density at radius 3 is 2.43 bits per heavy atom. The number of hydrogen-bond donors (Lipinski definition) is 2. The number of nitrogens with one attached hydrogen (secondary N) is 2. The van der Waals surface area contributed by atoms with Crippen molar-refractivity contribution in [2.75, 3.05) is 5.32 Å². The molecule has 6 nitrogen and oxygen atoms in total. The molecule has 0 unspecified atom stereocenters. The summed E-state index contributed by atoms with van der Waals surface area (Å²) in [7, 11) is 0. The van der Waals surface area contributed by atoms with Crippen LogP contribution in [0.4, 0.5) is 5.69 Å². The molecule has 3 aromatic rings. The zero-order chi connectivity index (χ0) is 20.9. The average molecular weight is 401 g/mol. The minimum atomic E-state index is -0.291. The first-order valence-electron chi connectivity index (χ1n) is 10.00. The Morgan fingerprint density at radius 1 is 1.00 bits per heavy atom. The van der Waals surface area contributed by atoms with E-state index in [0.29, 0.717) is 5.69 Å². The summed E-state index contributed by atoms with van der Waals surface area (Å²) in [5.74, 6) is 0.562. The van der Waals surface area contributed by atoms with E-state index >= 15 is 0 Å². The van der Waals surface area contributed by atoms with Crippen molar-refractivity contribution in [3.63, 3.8) is 0 Å². The Bertz CT molecular complexity index is 1090. The first kappa shape index (κ1) is 19.6. The lowest BCUT2D eigenvalue weighted by Gasteiger charge is -2.13. The van der Waals surface area contributed by atoms with Gasteiger partial charge >= 0.3 is 0 Å². The number of rotatable bonds is 5. The molecule has 6 heteroatoms. The van der Waals surface area contributed by atoms with Crippen LogP contribution in [0.2, 0.25) is 0 Å². The quantitative estimate of drug-likeness (QED) is 0.627. The fourth-order valence-electron chi connectivity index (χ4n) is 3.66. The largest absolute Gasteiger partial charge is 0.455 e. The highest BCUT2D eigenvalue weighted by molar-refractivity contribution is 6.09. The summed E-state index contributed by atoms with van der Waals surface area (Å²) in [6.07, 6.45) is 2.58. The van der Waals surface area contributed by atoms with Gasteiger partial charge in [-0.15, -0.1) is 0 Å². The van der Waals surface area contributed by atoms with E-state index in [9.17, 15) is 9.59 Å². The molecule has 2 aromatic carbocycles. The van der Waals surface area contributed by atoms with Gasteiger partial charge in [0.25, 0.3) is 5.91 Å². The Kier molecular flexibility index (Phi) is 5.75. The van der Waals surface area contributed by atoms with E-state index < -0.39 is 0 Å². The maximum absolute atomic E-state index is 12.7. The first-order chi connectivity index (χ1) is 14.6. The highest BCUT2D eigenvalue weighted by Gasteiger charge is 2.28. The lowest BCUT2D eigenvalue weighted by molar-refractivity contribution is -0.120. The van der Waals surface area contributed by atoms with Crippen LogP contribution in [-0.2, 0) is 17.6 Å². The highest BCUT2D eigenvalue weighted by Crippen LogP contribution is 2.30. The first-order valence-corrected chi connectivity index (χ1v) is 10.00. The Balaban J connectivity index is 1.51. The van der Waals surface area contributed by atoms with Crippen LogP contribution in [0.3, 0.4) is 0 Å². The van der Waals surface area contributed by atoms with Crippen LogP contribution in [0.1, 0.15) is 45.8 Å². The molecule has 0 saturated heterocycles. The number of fused-ring (bicyclic) bond motifs is 1. The summed E-state index contributed by atoms with van der Waals surface area (Å²) in [6.45, 7) is 1.86. The van der Waals surface area contributed by atoms with E-state index in [2.05, 4.69) is 15.8 Å². The van der Waals surface area contributed by atoms with Gasteiger partial charge in [0, 0.05) is 23.2 Å². The molecule has 30 heavy (non-hydrogen) atoms. The molecule has 0 spiro atoms. The van der Waals surface area contributed by atoms with Gasteiger partial charge in [0.05, 0.1) is 12.1 Å². The molecule has 2 N–H and O–H groups in total. The van der Waals surface area contributed by atoms with Crippen molar-refractivity contribution in [1.82, 2.24) is 5.43 Å². The lowest BCUT2D eigenvalue weighted by atomic mass is 9.93. The zero-order valence-electron chi connectivity index (χ0n) is 16.8. The number of hydrogen-bond acceptors (Lipinski definition) is 4. The van der Waals surface area contributed by atoms with Gasteiger partial charge in [0.1, 0.15) is 5.76 Å². The molecule has 1 aromatic heterocycles. The number of hydrazone groups is 1. The van der Waals surface area contributed by atoms with Crippen LogP contribution < -0.4 is 10.7 Å². The summed E-state index contributed by atoms with van der Waals surface area (Å²) in [5.41, 5.74) is 6.62. The monoisotopic (exact) mass is 401 g/mol. The molecule has 1 aliphatic rings. The Hall–Kier alpha value is -3.67. The average Bonchev–Trinajstić information content (AvgIpc) is 3.11. The van der Waals surface area contributed by atoms with Gasteiger partial charge in [-0.2, -0.15) is 5.10 Å². The van der Waals surface area contributed by atoms with Crippen molar-refractivity contribution in [3.05, 3.63) is 88.9 Å². The third kappa shape index (κ3) is 4.33. The van der Waals surface area contributed by atoms with Crippen molar-refractivity contribution >= 4 is 23.2 Å². The third-order valence-corrected chi connectivity index (χ3v) is 5.09. The SMILES string of the molecule is Cc1c(C(=O)Nc2ccccc2)oc2c1/C(=N/NC(=O)Cc1ccccc1)CCC2. The molecular weight excluding hydrogens is 378 g/mol. The molecule has 0 radical (unpaired) electrons. The van der Waals surface area contributed by atoms with Crippen LogP contribution in [0.15, 0.2) is 70.2 Å². The summed E-state index contributed by atoms with van der Waals surface area (Å²) in [6, 6.07) is 18.8. The number of carbonyl (C=O) groups excluding carboxylic acids is 2. The van der Waals surface area contributed by atoms with E-state index in [4.69, 9.17) is 4.42 Å². The van der Waals surface area contributed by atoms with E-state index in [1.165, 1.54) is 0 Å². The van der Waals surface area contributed by atoms with Gasteiger partial charge < -0.3 is 9.73 Å². The van der Waals surface area contributed by atoms with Gasteiger partial charge in [-0.1, -0.05) is 48.5 Å². The number of aryl methyl sites for hydroxylation is 1. The molecule has 0 aliphatic heterocycles. The second kappa shape index (κ2) is 8.78. The van der Waals surface area contributed by atoms with Gasteiger partial charge in [0.15, 0.2) is 5.76 Å². The molecular formula is C24H23N3O3. The van der Waals surface area contributed by atoms with Gasteiger partial charge in [-0.05, 0) is 37.5 Å². The van der Waals surface area contributed by atoms with Crippen molar-refractivity contribution in [2.24, 2.45) is 5.10 Å². The summed E-state index contributed by atoms with van der Waals surface area (Å²) in [5, 5.41) is 7.22. The minimum absolute atomic E-state index is 0.177. The minimum Gasteiger partial charge on any atom is -0.455 e. The van der Waals surface area contributed by atoms with Crippen molar-refractivity contribution in [1.29, 1.82) is 0 Å². The van der Waals surface area contributed by atoms with E-state index in [0.717, 1.165) is 47.4 Å². The summed E-state index contributed by atoms with van der Waals surface area (Å²) < 4.78 is 5.90. The summed E-state index contributed by atoms with van der Waals surface area (Å²) >= 11 is 0. The topological polar surface area (TPSA) is 83.7 Å². The highest BCUT2D eigenvalue weighted by atomic mass is 16.4. The van der Waals surface area contributed by atoms with Crippen molar-refractivity contribution in [2.45, 2.75) is 32.6 Å². The van der Waals surface area contributed by atoms with Gasteiger partial charge in [-0.3, -0.25) is 9.59 Å². The second-order valence-corrected chi connectivity index (χ2v) is 7.28. The van der Waals surface area contributed by atoms with Crippen LogP contribution in [0.5, 0.6) is 0 Å². The number of furan rings is 1. The van der Waals surface area contributed by atoms with E-state index in [-0.39, 0.29) is 24.0 Å². The number of nitrogens with zero attached hydrogens (tertiary/aromatic N) is 1. The fourth-order valence-corrected chi connectivity index (χ4v) is 3.66. The maximum Gasteiger partial charge on any atom is 0.291 e. The molecule has 1 heterocycles. The molecule has 152 valence electrons. The second-order valence-electron chi connectivity index (χ2n) is 7.28. The van der Waals surface area contributed by atoms with Gasteiger partial charge in [0.2, 0.25) is 5.91 Å². The smallest absolute Gasteiger partial charge is 0.291 e. The summed E-state index contributed by atoms with van der Waals surface area (Å²) in [4.78, 5) is 25.0. The zero-order valence-corrected chi connectivity index (χ0v) is 16.8. The number of benzene rings is 2. The molecule has 0 bridgehead atoms. The molecule has 2 amide bonds. The van der Waals surface area contributed by atoms with Crippen LogP contribution >= 0.6 is 0 Å². The van der Waals surface area contributed by atoms with Crippen molar-refractivity contribution in [3.8, 4) is 0 Å². The third-order valence-electron chi connectivity index (χ3n) is 5.09. The number of anilines is 1. The van der Waals surface area contributed by atoms with Crippen LogP contribution in [-0.4, -0.2) is 17.5 Å². The standard InChI is InChI=1S/C24H23N3O3/c1-16-22-19(26-27-21(28)15-17-9-4-2-5-10-17)13-8-14-20(22)30-23(16)24(29)25-18-11-6-3-7-12-18/h2-7,9-12H,8,13-15H2,1H3,(H,25,29)(H,27,28)/b26-19+. The predicted octanol–water partition coefficient (Wildman–Crippen LogP) is 4.24. The van der Waals surface area contributed by atoms with E-state index in [1.807, 2.05) is 67.6 Å². The molecule has 0 saturated carbocycles. The van der Waals surface area contributed by atoms with Crippen molar-refractivity contribution < 1.29 is 14.0 Å². The normalized spacial score (nSPS) is 14.2. The van der Waals surface area contributed by atoms with E-state index in [1.54, 1.807) is 0 Å². The number of carbonyl (C=O) groups is 2. The number of para-hydroxylation sites is 1. The Labute approximate surface area is 175 Å². The predicted molar refractivity (Wildman–Crippen MR) is 116 cm³/mol. The Morgan fingerprint density at radius 2 is 1.70 bits per heavy atom. The maximum atomic E-state index is 12.7.